The molecule has 0 saturated carbocycles. The number of halogens is 2. The highest BCUT2D eigenvalue weighted by atomic mass is 35.5. The van der Waals surface area contributed by atoms with Crippen molar-refractivity contribution in [2.75, 3.05) is 7.11 Å². The standard InChI is InChI=1S/C11H15ClFNO/c1-7(15-2)11(14)5-8-3-4-9(13)6-10(8)12/h3-4,6-7,11H,5,14H2,1-2H3. The van der Waals surface area contributed by atoms with Gasteiger partial charge in [-0.05, 0) is 31.0 Å². The number of benzene rings is 1. The summed E-state index contributed by atoms with van der Waals surface area (Å²) in [4.78, 5) is 0. The molecule has 0 heterocycles. The first-order chi connectivity index (χ1) is 7.04. The fourth-order valence-corrected chi connectivity index (χ4v) is 1.53. The number of hydrogen-bond acceptors (Lipinski definition) is 2. The maximum absolute atomic E-state index is 12.8. The van der Waals surface area contributed by atoms with Gasteiger partial charge in [0.25, 0.3) is 0 Å². The maximum Gasteiger partial charge on any atom is 0.124 e. The van der Waals surface area contributed by atoms with E-state index >= 15 is 0 Å². The van der Waals surface area contributed by atoms with Crippen molar-refractivity contribution in [3.05, 3.63) is 34.6 Å². The van der Waals surface area contributed by atoms with Gasteiger partial charge in [0.05, 0.1) is 6.10 Å². The minimum atomic E-state index is -0.336. The average Bonchev–Trinajstić information content (AvgIpc) is 2.20. The van der Waals surface area contributed by atoms with Crippen LogP contribution in [0.5, 0.6) is 0 Å². The normalized spacial score (nSPS) is 15.0. The van der Waals surface area contributed by atoms with Gasteiger partial charge in [-0.1, -0.05) is 17.7 Å². The molecular formula is C11H15ClFNO. The lowest BCUT2D eigenvalue weighted by atomic mass is 10.0. The number of rotatable bonds is 4. The van der Waals surface area contributed by atoms with Crippen LogP contribution in [0.3, 0.4) is 0 Å². The third-order valence-electron chi connectivity index (χ3n) is 2.45. The molecule has 0 fully saturated rings. The van der Waals surface area contributed by atoms with Crippen LogP contribution in [-0.4, -0.2) is 19.3 Å². The Hall–Kier alpha value is -0.640. The van der Waals surface area contributed by atoms with Crippen molar-refractivity contribution in [1.29, 1.82) is 0 Å². The Morgan fingerprint density at radius 2 is 2.20 bits per heavy atom. The first-order valence-electron chi connectivity index (χ1n) is 4.77. The lowest BCUT2D eigenvalue weighted by Gasteiger charge is -2.18. The molecule has 1 aromatic carbocycles. The lowest BCUT2D eigenvalue weighted by molar-refractivity contribution is 0.0956. The Kier molecular flexibility index (Phi) is 4.51. The molecule has 4 heteroatoms. The van der Waals surface area contributed by atoms with E-state index < -0.39 is 0 Å². The Morgan fingerprint density at radius 3 is 2.73 bits per heavy atom. The van der Waals surface area contributed by atoms with Crippen LogP contribution in [0.25, 0.3) is 0 Å². The van der Waals surface area contributed by atoms with E-state index in [4.69, 9.17) is 22.1 Å². The van der Waals surface area contributed by atoms with Crippen molar-refractivity contribution >= 4 is 11.6 Å². The molecule has 2 atom stereocenters. The third-order valence-corrected chi connectivity index (χ3v) is 2.80. The summed E-state index contributed by atoms with van der Waals surface area (Å²) in [6.07, 6.45) is 0.528. The van der Waals surface area contributed by atoms with E-state index in [2.05, 4.69) is 0 Å². The highest BCUT2D eigenvalue weighted by Crippen LogP contribution is 2.19. The van der Waals surface area contributed by atoms with Crippen molar-refractivity contribution in [3.63, 3.8) is 0 Å². The molecule has 0 aliphatic carbocycles. The molecule has 0 saturated heterocycles. The minimum absolute atomic E-state index is 0.0499. The molecule has 84 valence electrons. The number of methoxy groups -OCH3 is 1. The van der Waals surface area contributed by atoms with Crippen LogP contribution < -0.4 is 5.73 Å². The third kappa shape index (κ3) is 3.45. The minimum Gasteiger partial charge on any atom is -0.380 e. The highest BCUT2D eigenvalue weighted by molar-refractivity contribution is 6.31. The Balaban J connectivity index is 2.72. The largest absolute Gasteiger partial charge is 0.380 e. The van der Waals surface area contributed by atoms with Crippen LogP contribution in [0.1, 0.15) is 12.5 Å². The van der Waals surface area contributed by atoms with Gasteiger partial charge in [-0.3, -0.25) is 0 Å². The number of ether oxygens (including phenoxy) is 1. The van der Waals surface area contributed by atoms with Crippen molar-refractivity contribution in [1.82, 2.24) is 0 Å². The van der Waals surface area contributed by atoms with Crippen molar-refractivity contribution in [2.45, 2.75) is 25.5 Å². The molecule has 0 spiro atoms. The van der Waals surface area contributed by atoms with E-state index in [1.807, 2.05) is 6.92 Å². The molecule has 0 amide bonds. The molecule has 0 aliphatic heterocycles. The van der Waals surface area contributed by atoms with E-state index in [0.29, 0.717) is 11.4 Å². The Morgan fingerprint density at radius 1 is 1.53 bits per heavy atom. The molecule has 1 rings (SSSR count). The topological polar surface area (TPSA) is 35.2 Å². The summed E-state index contributed by atoms with van der Waals surface area (Å²) >= 11 is 5.89. The van der Waals surface area contributed by atoms with E-state index in [1.165, 1.54) is 12.1 Å². The Labute approximate surface area is 94.2 Å². The van der Waals surface area contributed by atoms with Gasteiger partial charge in [0.15, 0.2) is 0 Å². The van der Waals surface area contributed by atoms with Gasteiger partial charge in [-0.2, -0.15) is 0 Å². The van der Waals surface area contributed by atoms with Crippen LogP contribution in [0, 0.1) is 5.82 Å². The molecule has 0 bridgehead atoms. The summed E-state index contributed by atoms with van der Waals surface area (Å²) in [6, 6.07) is 4.19. The number of hydrogen-bond donors (Lipinski definition) is 1. The smallest absolute Gasteiger partial charge is 0.124 e. The first-order valence-corrected chi connectivity index (χ1v) is 5.14. The van der Waals surface area contributed by atoms with E-state index in [-0.39, 0.29) is 18.0 Å². The molecule has 0 radical (unpaired) electrons. The lowest BCUT2D eigenvalue weighted by Crippen LogP contribution is -2.35. The SMILES string of the molecule is COC(C)C(N)Cc1ccc(F)cc1Cl. The maximum atomic E-state index is 12.8. The zero-order valence-electron chi connectivity index (χ0n) is 8.84. The first kappa shape index (κ1) is 12.4. The van der Waals surface area contributed by atoms with Crippen LogP contribution in [0.2, 0.25) is 5.02 Å². The quantitative estimate of drug-likeness (QED) is 0.864. The van der Waals surface area contributed by atoms with Gasteiger partial charge in [0.2, 0.25) is 0 Å². The molecule has 0 aromatic heterocycles. The van der Waals surface area contributed by atoms with Crippen LogP contribution >= 0.6 is 11.6 Å². The average molecular weight is 232 g/mol. The zero-order valence-corrected chi connectivity index (χ0v) is 9.59. The molecular weight excluding hydrogens is 217 g/mol. The number of nitrogens with two attached hydrogens (primary N) is 1. The van der Waals surface area contributed by atoms with E-state index in [9.17, 15) is 4.39 Å². The van der Waals surface area contributed by atoms with Crippen molar-refractivity contribution < 1.29 is 9.13 Å². The van der Waals surface area contributed by atoms with Gasteiger partial charge < -0.3 is 10.5 Å². The van der Waals surface area contributed by atoms with Crippen LogP contribution in [0.15, 0.2) is 18.2 Å². The Bertz CT molecular complexity index is 332. The summed E-state index contributed by atoms with van der Waals surface area (Å²) in [6.45, 7) is 1.89. The molecule has 2 unspecified atom stereocenters. The second kappa shape index (κ2) is 5.45. The summed E-state index contributed by atoms with van der Waals surface area (Å²) in [5.74, 6) is -0.336. The van der Waals surface area contributed by atoms with Gasteiger partial charge in [-0.15, -0.1) is 0 Å². The summed E-state index contributed by atoms with van der Waals surface area (Å²) in [7, 11) is 1.61. The predicted octanol–water partition coefficient (Wildman–Crippen LogP) is 2.38. The summed E-state index contributed by atoms with van der Waals surface area (Å²) in [5.41, 5.74) is 6.73. The summed E-state index contributed by atoms with van der Waals surface area (Å²) in [5, 5.41) is 0.411. The molecule has 2 nitrogen and oxygen atoms in total. The fourth-order valence-electron chi connectivity index (χ4n) is 1.28. The van der Waals surface area contributed by atoms with E-state index in [0.717, 1.165) is 5.56 Å². The van der Waals surface area contributed by atoms with Crippen LogP contribution in [0.4, 0.5) is 4.39 Å². The van der Waals surface area contributed by atoms with E-state index in [1.54, 1.807) is 13.2 Å². The predicted molar refractivity (Wildman–Crippen MR) is 59.6 cm³/mol. The zero-order chi connectivity index (χ0) is 11.4. The second-order valence-electron chi connectivity index (χ2n) is 3.54. The molecule has 0 aliphatic rings. The van der Waals surface area contributed by atoms with Gasteiger partial charge in [0, 0.05) is 18.2 Å². The highest BCUT2D eigenvalue weighted by Gasteiger charge is 2.14. The van der Waals surface area contributed by atoms with Gasteiger partial charge in [0.1, 0.15) is 5.82 Å². The molecule has 15 heavy (non-hydrogen) atoms. The summed E-state index contributed by atoms with van der Waals surface area (Å²) < 4.78 is 17.9. The van der Waals surface area contributed by atoms with Crippen molar-refractivity contribution in [2.24, 2.45) is 5.73 Å². The second-order valence-corrected chi connectivity index (χ2v) is 3.95. The van der Waals surface area contributed by atoms with Crippen molar-refractivity contribution in [3.8, 4) is 0 Å². The molecule has 2 N–H and O–H groups in total. The molecule has 1 aromatic rings. The monoisotopic (exact) mass is 231 g/mol. The van der Waals surface area contributed by atoms with Crippen LogP contribution in [-0.2, 0) is 11.2 Å². The van der Waals surface area contributed by atoms with Gasteiger partial charge >= 0.3 is 0 Å². The fraction of sp³-hybridized carbons (Fsp3) is 0.455. The van der Waals surface area contributed by atoms with Gasteiger partial charge in [-0.25, -0.2) is 4.39 Å².